The lowest BCUT2D eigenvalue weighted by atomic mass is 10.0. The van der Waals surface area contributed by atoms with Gasteiger partial charge in [0.2, 0.25) is 17.7 Å². The number of ether oxygens (including phenoxy) is 3. The van der Waals surface area contributed by atoms with E-state index >= 15 is 0 Å². The van der Waals surface area contributed by atoms with Gasteiger partial charge >= 0.3 is 12.1 Å². The highest BCUT2D eigenvalue weighted by atomic mass is 32.1. The second-order valence-corrected chi connectivity index (χ2v) is 16.0. The molecule has 4 amide bonds. The second-order valence-electron chi connectivity index (χ2n) is 15.1. The molecular formula is C40H48N6O9S. The van der Waals surface area contributed by atoms with E-state index in [-0.39, 0.29) is 37.3 Å². The molecule has 4 N–H and O–H groups in total. The topological polar surface area (TPSA) is 198 Å². The number of allylic oxidation sites excluding steroid dienone is 1. The number of hydrogen-bond acceptors (Lipinski definition) is 11. The Labute approximate surface area is 328 Å². The normalized spacial score (nSPS) is 26.2. The Morgan fingerprint density at radius 2 is 1.80 bits per heavy atom. The number of hydrogen-bond donors (Lipinski definition) is 4. The maximum Gasteiger partial charge on any atom is 0.408 e. The third-order valence-corrected chi connectivity index (χ3v) is 12.0. The van der Waals surface area contributed by atoms with Crippen molar-refractivity contribution in [1.82, 2.24) is 25.5 Å². The molecule has 2 aliphatic heterocycles. The van der Waals surface area contributed by atoms with Gasteiger partial charge in [0.1, 0.15) is 47.0 Å². The average Bonchev–Trinajstić information content (AvgIpc) is 3.59. The summed E-state index contributed by atoms with van der Waals surface area (Å²) in [4.78, 5) is 77.1. The van der Waals surface area contributed by atoms with Crippen molar-refractivity contribution in [3.8, 4) is 22.9 Å². The number of alkyl carbamates (subject to hydrolysis) is 1. The van der Waals surface area contributed by atoms with Crippen molar-refractivity contribution < 1.29 is 43.3 Å². The highest BCUT2D eigenvalue weighted by molar-refractivity contribution is 7.14. The van der Waals surface area contributed by atoms with Gasteiger partial charge in [-0.15, -0.1) is 11.3 Å². The van der Waals surface area contributed by atoms with Crippen LogP contribution in [0.2, 0.25) is 0 Å². The van der Waals surface area contributed by atoms with Crippen molar-refractivity contribution in [2.45, 2.75) is 114 Å². The summed E-state index contributed by atoms with van der Waals surface area (Å²) in [7, 11) is 1.57. The summed E-state index contributed by atoms with van der Waals surface area (Å²) >= 11 is 1.25. The summed E-state index contributed by atoms with van der Waals surface area (Å²) in [5.74, 6) is -1.77. The van der Waals surface area contributed by atoms with E-state index in [1.165, 1.54) is 23.2 Å². The van der Waals surface area contributed by atoms with Crippen LogP contribution < -0.4 is 25.4 Å². The minimum Gasteiger partial charge on any atom is -0.496 e. The smallest absolute Gasteiger partial charge is 0.408 e. The molecule has 3 fully saturated rings. The van der Waals surface area contributed by atoms with Crippen LogP contribution >= 0.6 is 11.3 Å². The number of nitrogens with zero attached hydrogens (tertiary/aromatic N) is 3. The number of carboxylic acid groups (broad SMARTS) is 1. The molecule has 1 aromatic carbocycles. The van der Waals surface area contributed by atoms with Crippen LogP contribution in [0.5, 0.6) is 11.5 Å². The Morgan fingerprint density at radius 3 is 2.55 bits per heavy atom. The maximum absolute atomic E-state index is 14.6. The van der Waals surface area contributed by atoms with Crippen LogP contribution in [0.4, 0.5) is 9.93 Å². The number of aryl methyl sites for hydroxylation is 1. The van der Waals surface area contributed by atoms with E-state index in [0.717, 1.165) is 50.5 Å². The van der Waals surface area contributed by atoms with Gasteiger partial charge in [-0.2, -0.15) is 0 Å². The number of anilines is 1. The number of aromatic nitrogens is 2. The minimum absolute atomic E-state index is 0.00611. The number of fused-ring (bicyclic) bond motifs is 3. The van der Waals surface area contributed by atoms with Gasteiger partial charge < -0.3 is 40.2 Å². The molecule has 0 spiro atoms. The molecule has 2 aliphatic carbocycles. The van der Waals surface area contributed by atoms with E-state index in [1.54, 1.807) is 18.6 Å². The van der Waals surface area contributed by atoms with E-state index in [0.29, 0.717) is 51.8 Å². The van der Waals surface area contributed by atoms with Gasteiger partial charge in [-0.05, 0) is 70.4 Å². The molecule has 56 heavy (non-hydrogen) atoms. The number of thiazole rings is 1. The molecule has 15 nitrogen and oxygen atoms in total. The largest absolute Gasteiger partial charge is 0.496 e. The van der Waals surface area contributed by atoms with Crippen molar-refractivity contribution in [3.05, 3.63) is 41.3 Å². The lowest BCUT2D eigenvalue weighted by molar-refractivity contribution is -0.145. The molecule has 2 aromatic heterocycles. The summed E-state index contributed by atoms with van der Waals surface area (Å²) in [5, 5.41) is 21.4. The number of nitrogens with one attached hydrogen (secondary N) is 3. The van der Waals surface area contributed by atoms with Crippen LogP contribution in [-0.4, -0.2) is 93.2 Å². The summed E-state index contributed by atoms with van der Waals surface area (Å²) in [6.45, 7) is 3.28. The first-order valence-electron chi connectivity index (χ1n) is 19.3. The first kappa shape index (κ1) is 39.0. The maximum atomic E-state index is 14.6. The number of carbonyl (C=O) groups excluding carboxylic acids is 4. The molecule has 3 aromatic rings. The Balaban J connectivity index is 1.22. The van der Waals surface area contributed by atoms with E-state index in [1.807, 2.05) is 31.2 Å². The van der Waals surface area contributed by atoms with Crippen LogP contribution in [0.1, 0.15) is 83.1 Å². The standard InChI is InChI=1S/C40H48N6O9S/c1-22-32(53-3)16-15-27-33(18-29(42-34(22)27)30-21-56-38(43-30)41-23(2)47)54-26-17-31-35(48)45-40(37(50)51)19-24(40)11-7-5-4-6-8-14-28(36(49)46(31)20-26)44-39(52)55-25-12-9-10-13-25/h7,11,15-16,18,21,24-26,28,31H,4-6,8-10,12-14,17,19-20H2,1-3H3,(H,44,52)(H,45,48)(H,50,51)(H,41,43,47)/b11-7-/t24-,26+,28-,31-,40+/m0/s1. The molecule has 0 bridgehead atoms. The average molecular weight is 789 g/mol. The fraction of sp³-hybridized carbons (Fsp3) is 0.525. The minimum atomic E-state index is -1.47. The SMILES string of the molecule is COc1ccc2c(O[C@@H]3C[C@H]4C(=O)N[C@]5(C(=O)O)C[C@@H]5/C=C\CCCCC[C@H](NC(=O)OC5CCCC5)C(=O)N4C3)cc(-c3csc(NC(C)=O)n3)nc2c1C. The van der Waals surface area contributed by atoms with E-state index in [4.69, 9.17) is 19.2 Å². The number of pyridine rings is 1. The van der Waals surface area contributed by atoms with Crippen LogP contribution in [-0.2, 0) is 23.9 Å². The lowest BCUT2D eigenvalue weighted by Gasteiger charge is -2.29. The Morgan fingerprint density at radius 1 is 1.02 bits per heavy atom. The first-order valence-corrected chi connectivity index (χ1v) is 20.2. The van der Waals surface area contributed by atoms with E-state index < -0.39 is 47.6 Å². The fourth-order valence-electron chi connectivity index (χ4n) is 8.09. The van der Waals surface area contributed by atoms with Crippen LogP contribution in [0, 0.1) is 12.8 Å². The number of benzene rings is 1. The van der Waals surface area contributed by atoms with Crippen LogP contribution in [0.25, 0.3) is 22.3 Å². The molecule has 7 rings (SSSR count). The van der Waals surface area contributed by atoms with Crippen molar-refractivity contribution in [1.29, 1.82) is 0 Å². The van der Waals surface area contributed by atoms with Crippen LogP contribution in [0.3, 0.4) is 0 Å². The van der Waals surface area contributed by atoms with Gasteiger partial charge in [0, 0.05) is 41.7 Å². The molecule has 0 radical (unpaired) electrons. The Bertz CT molecular complexity index is 2050. The zero-order valence-corrected chi connectivity index (χ0v) is 32.6. The fourth-order valence-corrected chi connectivity index (χ4v) is 8.84. The number of aliphatic carboxylic acids is 1. The van der Waals surface area contributed by atoms with Gasteiger partial charge in [-0.1, -0.05) is 25.0 Å². The molecule has 2 saturated carbocycles. The monoisotopic (exact) mass is 788 g/mol. The molecule has 0 unspecified atom stereocenters. The molecule has 5 atom stereocenters. The number of carboxylic acids is 1. The molecule has 4 heterocycles. The van der Waals surface area contributed by atoms with Crippen LogP contribution in [0.15, 0.2) is 35.7 Å². The van der Waals surface area contributed by atoms with Crippen molar-refractivity contribution in [2.24, 2.45) is 5.92 Å². The number of amides is 4. The zero-order valence-electron chi connectivity index (χ0n) is 31.8. The number of carbonyl (C=O) groups is 5. The van der Waals surface area contributed by atoms with E-state index in [9.17, 15) is 29.1 Å². The predicted octanol–water partition coefficient (Wildman–Crippen LogP) is 5.50. The Hall–Kier alpha value is -5.25. The third-order valence-electron chi connectivity index (χ3n) is 11.2. The summed E-state index contributed by atoms with van der Waals surface area (Å²) in [6.07, 6.45) is 9.40. The number of methoxy groups -OCH3 is 1. The summed E-state index contributed by atoms with van der Waals surface area (Å²) < 4.78 is 18.0. The zero-order chi connectivity index (χ0) is 39.6. The van der Waals surface area contributed by atoms with Crippen molar-refractivity contribution in [2.75, 3.05) is 19.0 Å². The third kappa shape index (κ3) is 8.30. The highest BCUT2D eigenvalue weighted by Gasteiger charge is 2.61. The lowest BCUT2D eigenvalue weighted by Crippen LogP contribution is -2.56. The summed E-state index contributed by atoms with van der Waals surface area (Å²) in [5.41, 5.74) is 0.856. The molecule has 4 aliphatic rings. The number of rotatable bonds is 8. The van der Waals surface area contributed by atoms with Gasteiger partial charge in [-0.25, -0.2) is 19.6 Å². The quantitative estimate of drug-likeness (QED) is 0.210. The van der Waals surface area contributed by atoms with Crippen molar-refractivity contribution in [3.63, 3.8) is 0 Å². The summed E-state index contributed by atoms with van der Waals surface area (Å²) in [6, 6.07) is 3.33. The van der Waals surface area contributed by atoms with Gasteiger partial charge in [-0.3, -0.25) is 14.4 Å². The van der Waals surface area contributed by atoms with Gasteiger partial charge in [0.05, 0.1) is 24.9 Å². The van der Waals surface area contributed by atoms with Gasteiger partial charge in [0.15, 0.2) is 5.13 Å². The molecule has 298 valence electrons. The van der Waals surface area contributed by atoms with Gasteiger partial charge in [0.25, 0.3) is 0 Å². The van der Waals surface area contributed by atoms with Crippen molar-refractivity contribution >= 4 is 57.2 Å². The molecular weight excluding hydrogens is 741 g/mol. The first-order chi connectivity index (χ1) is 26.9. The predicted molar refractivity (Wildman–Crippen MR) is 207 cm³/mol. The van der Waals surface area contributed by atoms with E-state index in [2.05, 4.69) is 20.9 Å². The second kappa shape index (κ2) is 16.5. The molecule has 16 heteroatoms. The molecule has 1 saturated heterocycles. The highest BCUT2D eigenvalue weighted by Crippen LogP contribution is 2.46. The Kier molecular flexibility index (Phi) is 11.5.